The van der Waals surface area contributed by atoms with Crippen molar-refractivity contribution in [3.63, 3.8) is 0 Å². The van der Waals surface area contributed by atoms with Gasteiger partial charge in [-0.15, -0.1) is 0 Å². The zero-order valence-corrected chi connectivity index (χ0v) is 15.9. The molecule has 4 rings (SSSR count). The van der Waals surface area contributed by atoms with Gasteiger partial charge in [-0.2, -0.15) is 0 Å². The molecule has 1 atom stereocenters. The number of anilines is 1. The second-order valence-corrected chi connectivity index (χ2v) is 8.30. The van der Waals surface area contributed by atoms with Crippen molar-refractivity contribution in [2.24, 2.45) is 7.05 Å². The van der Waals surface area contributed by atoms with Gasteiger partial charge in [0.2, 0.25) is 0 Å². The molecule has 1 aromatic carbocycles. The van der Waals surface area contributed by atoms with Crippen LogP contribution >= 0.6 is 0 Å². The van der Waals surface area contributed by atoms with Crippen molar-refractivity contribution in [3.8, 4) is 11.1 Å². The van der Waals surface area contributed by atoms with Gasteiger partial charge in [0, 0.05) is 47.3 Å². The van der Waals surface area contributed by atoms with Gasteiger partial charge >= 0.3 is 0 Å². The molecule has 3 aromatic rings. The van der Waals surface area contributed by atoms with E-state index in [1.54, 1.807) is 13.1 Å². The third kappa shape index (κ3) is 2.96. The maximum absolute atomic E-state index is 12.0. The molecule has 0 amide bonds. The van der Waals surface area contributed by atoms with Gasteiger partial charge in [-0.3, -0.25) is 4.79 Å². The summed E-state index contributed by atoms with van der Waals surface area (Å²) in [5.74, 6) is 2.15. The summed E-state index contributed by atoms with van der Waals surface area (Å²) in [6.45, 7) is 3.67. The maximum atomic E-state index is 12.0. The van der Waals surface area contributed by atoms with Gasteiger partial charge in [-0.1, -0.05) is 6.92 Å². The summed E-state index contributed by atoms with van der Waals surface area (Å²) in [4.78, 5) is 19.4. The molecule has 0 saturated heterocycles. The Kier molecular flexibility index (Phi) is 4.19. The van der Waals surface area contributed by atoms with Crippen molar-refractivity contribution in [2.45, 2.75) is 32.6 Å². The van der Waals surface area contributed by atoms with E-state index in [1.165, 1.54) is 12.8 Å². The molecule has 0 bridgehead atoms. The predicted molar refractivity (Wildman–Crippen MR) is 106 cm³/mol. The molecule has 1 unspecified atom stereocenters. The predicted octanol–water partition coefficient (Wildman–Crippen LogP) is 3.21. The summed E-state index contributed by atoms with van der Waals surface area (Å²) in [6.07, 6.45) is 4.07. The minimum atomic E-state index is -1.13. The number of H-pyrrole nitrogens is 1. The highest BCUT2D eigenvalue weighted by Gasteiger charge is 2.29. The van der Waals surface area contributed by atoms with Crippen LogP contribution < -0.4 is 10.3 Å². The molecule has 136 valence electrons. The van der Waals surface area contributed by atoms with E-state index in [0.717, 1.165) is 33.7 Å². The van der Waals surface area contributed by atoms with E-state index in [0.29, 0.717) is 17.2 Å². The monoisotopic (exact) mass is 370 g/mol. The van der Waals surface area contributed by atoms with Crippen LogP contribution in [0.5, 0.6) is 0 Å². The number of nitrogens with one attached hydrogen (secondary N) is 2. The van der Waals surface area contributed by atoms with Crippen molar-refractivity contribution in [3.05, 3.63) is 46.1 Å². The topological polar surface area (TPSA) is 79.8 Å². The van der Waals surface area contributed by atoms with Crippen LogP contribution in [0.15, 0.2) is 29.2 Å². The first-order valence-corrected chi connectivity index (χ1v) is 10.1. The average Bonchev–Trinajstić information content (AvgIpc) is 3.41. The largest absolute Gasteiger partial charge is 0.331 e. The standard InChI is InChI=1S/C19H22N4O2S/c1-4-26(25)22-14-8-15(13-7-11(2)19(24)20-10-13)17-16(9-14)23(3)18(21-17)12-5-6-12/h7-10,12,22H,4-6H2,1-3H3,(H,20,24). The Bertz CT molecular complexity index is 1080. The van der Waals surface area contributed by atoms with E-state index < -0.39 is 11.0 Å². The Balaban J connectivity index is 1.95. The van der Waals surface area contributed by atoms with Gasteiger partial charge in [0.15, 0.2) is 0 Å². The van der Waals surface area contributed by atoms with Crippen molar-refractivity contribution in [1.29, 1.82) is 0 Å². The number of benzene rings is 1. The number of aryl methyl sites for hydroxylation is 2. The SMILES string of the molecule is CCS(=O)Nc1cc(-c2c[nH]c(=O)c(C)c2)c2nc(C3CC3)n(C)c2c1. The molecule has 0 radical (unpaired) electrons. The Hall–Kier alpha value is -2.41. The molecular weight excluding hydrogens is 348 g/mol. The summed E-state index contributed by atoms with van der Waals surface area (Å²) in [5.41, 5.74) is 5.10. The van der Waals surface area contributed by atoms with Gasteiger partial charge in [0.1, 0.15) is 16.8 Å². The molecule has 26 heavy (non-hydrogen) atoms. The van der Waals surface area contributed by atoms with Gasteiger partial charge in [0.05, 0.1) is 11.0 Å². The summed E-state index contributed by atoms with van der Waals surface area (Å²) in [5, 5.41) is 0. The first kappa shape index (κ1) is 17.0. The molecule has 1 saturated carbocycles. The number of aromatic nitrogens is 3. The highest BCUT2D eigenvalue weighted by molar-refractivity contribution is 7.86. The molecule has 6 nitrogen and oxygen atoms in total. The van der Waals surface area contributed by atoms with Crippen LogP contribution in [0.25, 0.3) is 22.2 Å². The van der Waals surface area contributed by atoms with E-state index in [1.807, 2.05) is 32.2 Å². The Morgan fingerprint density at radius 3 is 2.77 bits per heavy atom. The number of fused-ring (bicyclic) bond motifs is 1. The van der Waals surface area contributed by atoms with Crippen molar-refractivity contribution in [2.75, 3.05) is 10.5 Å². The number of rotatable bonds is 5. The summed E-state index contributed by atoms with van der Waals surface area (Å²) < 4.78 is 17.2. The Morgan fingerprint density at radius 1 is 1.35 bits per heavy atom. The van der Waals surface area contributed by atoms with Crippen LogP contribution in [0.3, 0.4) is 0 Å². The first-order chi connectivity index (χ1) is 12.5. The number of nitrogens with zero attached hydrogens (tertiary/aromatic N) is 2. The zero-order valence-electron chi connectivity index (χ0n) is 15.1. The van der Waals surface area contributed by atoms with Crippen LogP contribution in [-0.4, -0.2) is 24.5 Å². The highest BCUT2D eigenvalue weighted by Crippen LogP contribution is 2.42. The Morgan fingerprint density at radius 2 is 2.12 bits per heavy atom. The lowest BCUT2D eigenvalue weighted by atomic mass is 10.0. The quantitative estimate of drug-likeness (QED) is 0.724. The van der Waals surface area contributed by atoms with Crippen molar-refractivity contribution >= 4 is 27.7 Å². The zero-order chi connectivity index (χ0) is 18.4. The van der Waals surface area contributed by atoms with E-state index in [-0.39, 0.29) is 5.56 Å². The molecule has 0 spiro atoms. The molecular formula is C19H22N4O2S. The van der Waals surface area contributed by atoms with E-state index in [9.17, 15) is 9.00 Å². The number of hydrogen-bond acceptors (Lipinski definition) is 3. The molecule has 2 heterocycles. The van der Waals surface area contributed by atoms with Gasteiger partial charge in [-0.25, -0.2) is 9.19 Å². The van der Waals surface area contributed by atoms with Gasteiger partial charge < -0.3 is 14.3 Å². The van der Waals surface area contributed by atoms with Crippen LogP contribution in [0.4, 0.5) is 5.69 Å². The summed E-state index contributed by atoms with van der Waals surface area (Å²) in [6, 6.07) is 5.84. The van der Waals surface area contributed by atoms with Gasteiger partial charge in [-0.05, 0) is 38.0 Å². The minimum Gasteiger partial charge on any atom is -0.331 e. The molecule has 0 aliphatic heterocycles. The molecule has 1 fully saturated rings. The van der Waals surface area contributed by atoms with Crippen molar-refractivity contribution < 1.29 is 4.21 Å². The first-order valence-electron chi connectivity index (χ1n) is 8.83. The summed E-state index contributed by atoms with van der Waals surface area (Å²) >= 11 is 0. The number of hydrogen-bond donors (Lipinski definition) is 2. The minimum absolute atomic E-state index is 0.0916. The molecule has 2 aromatic heterocycles. The second kappa shape index (κ2) is 6.39. The second-order valence-electron chi connectivity index (χ2n) is 6.83. The van der Waals surface area contributed by atoms with E-state index in [2.05, 4.69) is 14.3 Å². The number of pyridine rings is 1. The number of aromatic amines is 1. The fraction of sp³-hybridized carbons (Fsp3) is 0.368. The lowest BCUT2D eigenvalue weighted by Gasteiger charge is -2.10. The lowest BCUT2D eigenvalue weighted by Crippen LogP contribution is -2.08. The fourth-order valence-electron chi connectivity index (χ4n) is 3.25. The maximum Gasteiger partial charge on any atom is 0.250 e. The normalized spacial score (nSPS) is 15.3. The Labute approximate surface area is 154 Å². The third-order valence-electron chi connectivity index (χ3n) is 4.86. The molecule has 1 aliphatic carbocycles. The van der Waals surface area contributed by atoms with Crippen LogP contribution in [0.2, 0.25) is 0 Å². The average molecular weight is 370 g/mol. The molecule has 7 heteroatoms. The fourth-order valence-corrected chi connectivity index (χ4v) is 3.77. The molecule has 1 aliphatic rings. The smallest absolute Gasteiger partial charge is 0.250 e. The van der Waals surface area contributed by atoms with E-state index in [4.69, 9.17) is 4.98 Å². The van der Waals surface area contributed by atoms with Gasteiger partial charge in [0.25, 0.3) is 5.56 Å². The molecule has 2 N–H and O–H groups in total. The highest BCUT2D eigenvalue weighted by atomic mass is 32.2. The van der Waals surface area contributed by atoms with Crippen LogP contribution in [0, 0.1) is 6.92 Å². The van der Waals surface area contributed by atoms with Crippen LogP contribution in [-0.2, 0) is 18.0 Å². The lowest BCUT2D eigenvalue weighted by molar-refractivity contribution is 0.687. The summed E-state index contributed by atoms with van der Waals surface area (Å²) in [7, 11) is 0.906. The van der Waals surface area contributed by atoms with E-state index >= 15 is 0 Å². The third-order valence-corrected chi connectivity index (χ3v) is 5.85. The van der Waals surface area contributed by atoms with Crippen LogP contribution in [0.1, 0.15) is 37.1 Å². The number of imidazole rings is 1. The van der Waals surface area contributed by atoms with Crippen molar-refractivity contribution in [1.82, 2.24) is 14.5 Å².